The van der Waals surface area contributed by atoms with Crippen LogP contribution in [0.15, 0.2) is 35.5 Å². The molecule has 0 saturated heterocycles. The van der Waals surface area contributed by atoms with Gasteiger partial charge in [-0.1, -0.05) is 17.7 Å². The first-order chi connectivity index (χ1) is 10.4. The van der Waals surface area contributed by atoms with Crippen LogP contribution in [-0.2, 0) is 22.7 Å². The third kappa shape index (κ3) is 2.89. The Labute approximate surface area is 134 Å². The Bertz CT molecular complexity index is 833. The van der Waals surface area contributed by atoms with E-state index in [1.54, 1.807) is 18.5 Å². The molecule has 0 fully saturated rings. The van der Waals surface area contributed by atoms with Gasteiger partial charge in [0, 0.05) is 24.2 Å². The van der Waals surface area contributed by atoms with E-state index in [0.717, 1.165) is 16.7 Å². The van der Waals surface area contributed by atoms with Crippen LogP contribution >= 0.6 is 11.6 Å². The average molecular weight is 338 g/mol. The number of benzene rings is 1. The minimum Gasteiger partial charge on any atom is -0.388 e. The molecule has 1 N–H and O–H groups in total. The van der Waals surface area contributed by atoms with Crippen molar-refractivity contribution in [3.8, 4) is 0 Å². The molecule has 1 atom stereocenters. The molecule has 0 saturated carbocycles. The number of nitrogens with zero attached hydrogens (tertiary/aromatic N) is 1. The molecule has 1 aliphatic carbocycles. The second-order valence-electron chi connectivity index (χ2n) is 5.63. The molecule has 0 bridgehead atoms. The second-order valence-corrected chi connectivity index (χ2v) is 8.05. The molecule has 22 heavy (non-hydrogen) atoms. The van der Waals surface area contributed by atoms with E-state index in [1.165, 1.54) is 6.26 Å². The zero-order chi connectivity index (χ0) is 15.9. The molecule has 116 valence electrons. The van der Waals surface area contributed by atoms with Gasteiger partial charge < -0.3 is 5.11 Å². The number of hydrogen-bond donors (Lipinski definition) is 1. The standard InChI is InChI=1S/C16H16ClNO3S/c1-22(20,21)15-5-2-11(13-3-4-14(19)16(13)15)6-10-7-12(17)9-18-8-10/h2,5,7-9,14,19H,3-4,6H2,1H3. The number of aliphatic hydroxyl groups excluding tert-OH is 1. The third-order valence-electron chi connectivity index (χ3n) is 3.97. The van der Waals surface area contributed by atoms with Gasteiger partial charge in [-0.25, -0.2) is 8.42 Å². The molecule has 2 aromatic rings. The summed E-state index contributed by atoms with van der Waals surface area (Å²) in [7, 11) is -3.35. The highest BCUT2D eigenvalue weighted by Crippen LogP contribution is 2.38. The van der Waals surface area contributed by atoms with Crippen molar-refractivity contribution in [3.05, 3.63) is 57.9 Å². The maximum absolute atomic E-state index is 11.9. The number of sulfone groups is 1. The molecule has 6 heteroatoms. The van der Waals surface area contributed by atoms with E-state index in [0.29, 0.717) is 29.8 Å². The van der Waals surface area contributed by atoms with E-state index in [4.69, 9.17) is 11.6 Å². The highest BCUT2D eigenvalue weighted by Gasteiger charge is 2.29. The number of hydrogen-bond acceptors (Lipinski definition) is 4. The van der Waals surface area contributed by atoms with Crippen LogP contribution in [0.5, 0.6) is 0 Å². The molecule has 0 spiro atoms. The lowest BCUT2D eigenvalue weighted by Crippen LogP contribution is -2.07. The zero-order valence-electron chi connectivity index (χ0n) is 12.1. The molecular weight excluding hydrogens is 322 g/mol. The second kappa shape index (κ2) is 5.65. The Balaban J connectivity index is 2.08. The summed E-state index contributed by atoms with van der Waals surface area (Å²) in [6, 6.07) is 5.26. The van der Waals surface area contributed by atoms with Crippen molar-refractivity contribution in [1.29, 1.82) is 0 Å². The fraction of sp³-hybridized carbons (Fsp3) is 0.312. The summed E-state index contributed by atoms with van der Waals surface area (Å²) in [5.74, 6) is 0. The molecule has 4 nitrogen and oxygen atoms in total. The number of aromatic nitrogens is 1. The van der Waals surface area contributed by atoms with Crippen LogP contribution < -0.4 is 0 Å². The Hall–Kier alpha value is -1.43. The van der Waals surface area contributed by atoms with E-state index in [-0.39, 0.29) is 4.90 Å². The summed E-state index contributed by atoms with van der Waals surface area (Å²) in [6.07, 6.45) is 5.64. The van der Waals surface area contributed by atoms with E-state index in [1.807, 2.05) is 12.1 Å². The molecule has 0 amide bonds. The summed E-state index contributed by atoms with van der Waals surface area (Å²) in [5.41, 5.74) is 3.48. The van der Waals surface area contributed by atoms with Gasteiger partial charge in [0.05, 0.1) is 16.0 Å². The summed E-state index contributed by atoms with van der Waals surface area (Å²) >= 11 is 5.95. The lowest BCUT2D eigenvalue weighted by Gasteiger charge is -2.14. The highest BCUT2D eigenvalue weighted by molar-refractivity contribution is 7.90. The average Bonchev–Trinajstić information content (AvgIpc) is 2.81. The molecule has 3 rings (SSSR count). The predicted octanol–water partition coefficient (Wildman–Crippen LogP) is 2.71. The van der Waals surface area contributed by atoms with Crippen LogP contribution in [0.3, 0.4) is 0 Å². The quantitative estimate of drug-likeness (QED) is 0.935. The van der Waals surface area contributed by atoms with Crippen molar-refractivity contribution in [1.82, 2.24) is 4.98 Å². The van der Waals surface area contributed by atoms with Crippen LogP contribution in [0.4, 0.5) is 0 Å². The van der Waals surface area contributed by atoms with E-state index >= 15 is 0 Å². The molecule has 1 unspecified atom stereocenters. The van der Waals surface area contributed by atoms with Crippen molar-refractivity contribution >= 4 is 21.4 Å². The maximum Gasteiger partial charge on any atom is 0.175 e. The Morgan fingerprint density at radius 3 is 2.82 bits per heavy atom. The number of aliphatic hydroxyl groups is 1. The monoisotopic (exact) mass is 337 g/mol. The summed E-state index contributed by atoms with van der Waals surface area (Å²) in [6.45, 7) is 0. The summed E-state index contributed by atoms with van der Waals surface area (Å²) in [4.78, 5) is 4.31. The van der Waals surface area contributed by atoms with Gasteiger partial charge in [0.1, 0.15) is 0 Å². The van der Waals surface area contributed by atoms with Gasteiger partial charge in [-0.15, -0.1) is 0 Å². The van der Waals surface area contributed by atoms with Crippen LogP contribution in [0.25, 0.3) is 0 Å². The number of rotatable bonds is 3. The van der Waals surface area contributed by atoms with Crippen LogP contribution in [0.1, 0.15) is 34.8 Å². The number of pyridine rings is 1. The van der Waals surface area contributed by atoms with E-state index in [9.17, 15) is 13.5 Å². The van der Waals surface area contributed by atoms with Crippen LogP contribution in [0, 0.1) is 0 Å². The zero-order valence-corrected chi connectivity index (χ0v) is 13.7. The predicted molar refractivity (Wildman–Crippen MR) is 84.9 cm³/mol. The van der Waals surface area contributed by atoms with Gasteiger partial charge in [-0.05, 0) is 48.1 Å². The topological polar surface area (TPSA) is 67.3 Å². The van der Waals surface area contributed by atoms with Gasteiger partial charge in [0.15, 0.2) is 9.84 Å². The van der Waals surface area contributed by atoms with Crippen molar-refractivity contribution in [2.75, 3.05) is 6.26 Å². The lowest BCUT2D eigenvalue weighted by atomic mass is 9.97. The maximum atomic E-state index is 11.9. The minimum absolute atomic E-state index is 0.237. The normalized spacial score (nSPS) is 17.5. The fourth-order valence-electron chi connectivity index (χ4n) is 3.04. The number of halogens is 1. The molecule has 1 heterocycles. The molecule has 0 aliphatic heterocycles. The first-order valence-corrected chi connectivity index (χ1v) is 9.25. The SMILES string of the molecule is CS(=O)(=O)c1ccc(Cc2cncc(Cl)c2)c2c1C(O)CC2. The van der Waals surface area contributed by atoms with Crippen molar-refractivity contribution in [2.45, 2.75) is 30.3 Å². The summed E-state index contributed by atoms with van der Waals surface area (Å²) < 4.78 is 23.8. The third-order valence-corrected chi connectivity index (χ3v) is 5.33. The molecule has 0 radical (unpaired) electrons. The Kier molecular flexibility index (Phi) is 3.97. The van der Waals surface area contributed by atoms with Crippen LogP contribution in [-0.4, -0.2) is 24.8 Å². The molecule has 1 aliphatic rings. The Morgan fingerprint density at radius 2 is 2.14 bits per heavy atom. The molecule has 1 aromatic carbocycles. The fourth-order valence-corrected chi connectivity index (χ4v) is 4.21. The highest BCUT2D eigenvalue weighted by atomic mass is 35.5. The lowest BCUT2D eigenvalue weighted by molar-refractivity contribution is 0.177. The minimum atomic E-state index is -3.35. The van der Waals surface area contributed by atoms with Crippen molar-refractivity contribution in [2.24, 2.45) is 0 Å². The number of fused-ring (bicyclic) bond motifs is 1. The van der Waals surface area contributed by atoms with E-state index < -0.39 is 15.9 Å². The smallest absolute Gasteiger partial charge is 0.175 e. The van der Waals surface area contributed by atoms with E-state index in [2.05, 4.69) is 4.98 Å². The van der Waals surface area contributed by atoms with Gasteiger partial charge in [0.25, 0.3) is 0 Å². The first kappa shape index (κ1) is 15.5. The largest absolute Gasteiger partial charge is 0.388 e. The molecular formula is C16H16ClNO3S. The van der Waals surface area contributed by atoms with Gasteiger partial charge in [-0.3, -0.25) is 4.98 Å². The first-order valence-electron chi connectivity index (χ1n) is 6.98. The summed E-state index contributed by atoms with van der Waals surface area (Å²) in [5, 5.41) is 10.7. The Morgan fingerprint density at radius 1 is 1.36 bits per heavy atom. The van der Waals surface area contributed by atoms with Crippen molar-refractivity contribution < 1.29 is 13.5 Å². The van der Waals surface area contributed by atoms with Crippen LogP contribution in [0.2, 0.25) is 5.02 Å². The van der Waals surface area contributed by atoms with Gasteiger partial charge in [0.2, 0.25) is 0 Å². The van der Waals surface area contributed by atoms with Gasteiger partial charge >= 0.3 is 0 Å². The van der Waals surface area contributed by atoms with Gasteiger partial charge in [-0.2, -0.15) is 0 Å². The molecule has 1 aromatic heterocycles. The van der Waals surface area contributed by atoms with Crippen molar-refractivity contribution in [3.63, 3.8) is 0 Å².